The van der Waals surface area contributed by atoms with Crippen LogP contribution in [-0.4, -0.2) is 45.3 Å². The summed E-state index contributed by atoms with van der Waals surface area (Å²) in [4.78, 5) is 0. The quantitative estimate of drug-likeness (QED) is 0.273. The molecule has 0 bridgehead atoms. The van der Waals surface area contributed by atoms with Crippen LogP contribution in [0.1, 0.15) is 19.3 Å². The summed E-state index contributed by atoms with van der Waals surface area (Å²) < 4.78 is 0. The van der Waals surface area contributed by atoms with Gasteiger partial charge in [0.2, 0.25) is 0 Å². The summed E-state index contributed by atoms with van der Waals surface area (Å²) in [6.45, 7) is 5.00. The van der Waals surface area contributed by atoms with E-state index in [1.807, 2.05) is 0 Å². The monoisotopic (exact) mass is 217 g/mol. The Labute approximate surface area is 93.1 Å². The SMILES string of the molecule is NCCCNC(CCCN)CNCCN. The van der Waals surface area contributed by atoms with Crippen molar-refractivity contribution in [2.24, 2.45) is 17.2 Å². The van der Waals surface area contributed by atoms with E-state index in [0.29, 0.717) is 12.6 Å². The number of rotatable bonds is 11. The molecule has 1 unspecified atom stereocenters. The van der Waals surface area contributed by atoms with Crippen LogP contribution < -0.4 is 27.8 Å². The van der Waals surface area contributed by atoms with Crippen LogP contribution in [0.5, 0.6) is 0 Å². The molecule has 0 fully saturated rings. The third-order valence-electron chi connectivity index (χ3n) is 2.28. The Morgan fingerprint density at radius 3 is 2.20 bits per heavy atom. The van der Waals surface area contributed by atoms with E-state index < -0.39 is 0 Å². The molecular weight excluding hydrogens is 190 g/mol. The van der Waals surface area contributed by atoms with Crippen molar-refractivity contribution < 1.29 is 0 Å². The van der Waals surface area contributed by atoms with Crippen LogP contribution in [0.4, 0.5) is 0 Å². The fraction of sp³-hybridized carbons (Fsp3) is 1.00. The minimum Gasteiger partial charge on any atom is -0.330 e. The van der Waals surface area contributed by atoms with Gasteiger partial charge < -0.3 is 27.8 Å². The van der Waals surface area contributed by atoms with Crippen molar-refractivity contribution >= 4 is 0 Å². The first-order valence-corrected chi connectivity index (χ1v) is 5.89. The van der Waals surface area contributed by atoms with E-state index >= 15 is 0 Å². The van der Waals surface area contributed by atoms with Crippen LogP contribution in [-0.2, 0) is 0 Å². The van der Waals surface area contributed by atoms with Crippen molar-refractivity contribution in [3.63, 3.8) is 0 Å². The molecule has 0 rings (SSSR count). The molecule has 5 nitrogen and oxygen atoms in total. The smallest absolute Gasteiger partial charge is 0.0192 e. The van der Waals surface area contributed by atoms with Crippen molar-refractivity contribution in [1.82, 2.24) is 10.6 Å². The Hall–Kier alpha value is -0.200. The first-order valence-electron chi connectivity index (χ1n) is 5.89. The normalized spacial score (nSPS) is 13.0. The molecule has 0 aromatic rings. The summed E-state index contributed by atoms with van der Waals surface area (Å²) in [5.41, 5.74) is 16.4. The minimum absolute atomic E-state index is 0.492. The van der Waals surface area contributed by atoms with Crippen molar-refractivity contribution in [2.75, 3.05) is 39.3 Å². The average Bonchev–Trinajstić information content (AvgIpc) is 2.25. The maximum absolute atomic E-state index is 5.50. The van der Waals surface area contributed by atoms with Gasteiger partial charge in [-0.3, -0.25) is 0 Å². The molecule has 0 spiro atoms. The van der Waals surface area contributed by atoms with Crippen molar-refractivity contribution in [1.29, 1.82) is 0 Å². The second-order valence-corrected chi connectivity index (χ2v) is 3.72. The molecule has 8 N–H and O–H groups in total. The van der Waals surface area contributed by atoms with Crippen LogP contribution in [0.2, 0.25) is 0 Å². The molecule has 0 aliphatic rings. The van der Waals surface area contributed by atoms with E-state index in [2.05, 4.69) is 10.6 Å². The largest absolute Gasteiger partial charge is 0.330 e. The maximum atomic E-state index is 5.50. The highest BCUT2D eigenvalue weighted by atomic mass is 15.0. The molecular formula is C10H27N5. The Bertz CT molecular complexity index is 110. The van der Waals surface area contributed by atoms with Crippen LogP contribution >= 0.6 is 0 Å². The van der Waals surface area contributed by atoms with Gasteiger partial charge >= 0.3 is 0 Å². The van der Waals surface area contributed by atoms with E-state index in [0.717, 1.165) is 52.0 Å². The standard InChI is InChI=1S/C10H27N5/c11-4-1-3-10(9-14-8-6-13)15-7-2-5-12/h10,14-15H,1-9,11-13H2. The van der Waals surface area contributed by atoms with E-state index in [-0.39, 0.29) is 0 Å². The van der Waals surface area contributed by atoms with Crippen LogP contribution in [0.3, 0.4) is 0 Å². The molecule has 0 aromatic heterocycles. The molecule has 92 valence electrons. The fourth-order valence-corrected chi connectivity index (χ4v) is 1.43. The lowest BCUT2D eigenvalue weighted by atomic mass is 10.1. The first kappa shape index (κ1) is 14.8. The van der Waals surface area contributed by atoms with Crippen LogP contribution in [0, 0.1) is 0 Å². The van der Waals surface area contributed by atoms with Gasteiger partial charge in [0.1, 0.15) is 0 Å². The molecule has 0 aliphatic carbocycles. The Morgan fingerprint density at radius 2 is 1.60 bits per heavy atom. The molecule has 5 heteroatoms. The first-order chi connectivity index (χ1) is 7.35. The zero-order valence-corrected chi connectivity index (χ0v) is 9.67. The third kappa shape index (κ3) is 10.1. The number of hydrogen-bond donors (Lipinski definition) is 5. The number of nitrogens with one attached hydrogen (secondary N) is 2. The van der Waals surface area contributed by atoms with Crippen molar-refractivity contribution in [3.8, 4) is 0 Å². The van der Waals surface area contributed by atoms with Gasteiger partial charge in [-0.05, 0) is 38.9 Å². The second-order valence-electron chi connectivity index (χ2n) is 3.72. The fourth-order valence-electron chi connectivity index (χ4n) is 1.43. The second kappa shape index (κ2) is 11.9. The van der Waals surface area contributed by atoms with Gasteiger partial charge in [-0.2, -0.15) is 0 Å². The topological polar surface area (TPSA) is 102 Å². The zero-order chi connectivity index (χ0) is 11.4. The van der Waals surface area contributed by atoms with E-state index in [9.17, 15) is 0 Å². The zero-order valence-electron chi connectivity index (χ0n) is 9.67. The van der Waals surface area contributed by atoms with Gasteiger partial charge in [-0.1, -0.05) is 0 Å². The average molecular weight is 217 g/mol. The third-order valence-corrected chi connectivity index (χ3v) is 2.28. The summed E-state index contributed by atoms with van der Waals surface area (Å²) >= 11 is 0. The van der Waals surface area contributed by atoms with Crippen molar-refractivity contribution in [3.05, 3.63) is 0 Å². The van der Waals surface area contributed by atoms with E-state index in [1.54, 1.807) is 0 Å². The van der Waals surface area contributed by atoms with Crippen molar-refractivity contribution in [2.45, 2.75) is 25.3 Å². The van der Waals surface area contributed by atoms with E-state index in [4.69, 9.17) is 17.2 Å². The molecule has 1 atom stereocenters. The number of hydrogen-bond acceptors (Lipinski definition) is 5. The highest BCUT2D eigenvalue weighted by molar-refractivity contribution is 4.70. The highest BCUT2D eigenvalue weighted by Gasteiger charge is 2.05. The summed E-state index contributed by atoms with van der Waals surface area (Å²) in [5.74, 6) is 0. The summed E-state index contributed by atoms with van der Waals surface area (Å²) in [7, 11) is 0. The Kier molecular flexibility index (Phi) is 11.7. The van der Waals surface area contributed by atoms with Gasteiger partial charge in [0.05, 0.1) is 0 Å². The molecule has 0 aliphatic heterocycles. The minimum atomic E-state index is 0.492. The predicted octanol–water partition coefficient (Wildman–Crippen LogP) is -1.42. The van der Waals surface area contributed by atoms with Gasteiger partial charge in [0.15, 0.2) is 0 Å². The van der Waals surface area contributed by atoms with Crippen LogP contribution in [0.25, 0.3) is 0 Å². The molecule has 15 heavy (non-hydrogen) atoms. The van der Waals surface area contributed by atoms with Gasteiger partial charge in [0, 0.05) is 25.7 Å². The number of nitrogens with two attached hydrogens (primary N) is 3. The lowest BCUT2D eigenvalue weighted by Gasteiger charge is -2.18. The molecule has 0 heterocycles. The van der Waals surface area contributed by atoms with Gasteiger partial charge in [0.25, 0.3) is 0 Å². The predicted molar refractivity (Wildman–Crippen MR) is 65.7 cm³/mol. The lowest BCUT2D eigenvalue weighted by Crippen LogP contribution is -2.41. The molecule has 0 amide bonds. The molecule has 0 saturated heterocycles. The summed E-state index contributed by atoms with van der Waals surface area (Å²) in [6.07, 6.45) is 3.19. The van der Waals surface area contributed by atoms with Crippen LogP contribution in [0.15, 0.2) is 0 Å². The van der Waals surface area contributed by atoms with Gasteiger partial charge in [-0.15, -0.1) is 0 Å². The van der Waals surface area contributed by atoms with Gasteiger partial charge in [-0.25, -0.2) is 0 Å². The molecule has 0 radical (unpaired) electrons. The molecule has 0 aromatic carbocycles. The Morgan fingerprint density at radius 1 is 0.867 bits per heavy atom. The highest BCUT2D eigenvalue weighted by Crippen LogP contribution is 1.95. The summed E-state index contributed by atoms with van der Waals surface area (Å²) in [6, 6.07) is 0.492. The lowest BCUT2D eigenvalue weighted by molar-refractivity contribution is 0.440. The maximum Gasteiger partial charge on any atom is 0.0192 e. The van der Waals surface area contributed by atoms with E-state index in [1.165, 1.54) is 0 Å². The molecule has 0 saturated carbocycles. The Balaban J connectivity index is 3.53. The summed E-state index contributed by atoms with van der Waals surface area (Å²) in [5, 5.41) is 6.79.